The van der Waals surface area contributed by atoms with Crippen molar-refractivity contribution >= 4 is 44.8 Å². The fraction of sp³-hybridized carbons (Fsp3) is 0.429. The molecule has 2 fully saturated rings. The minimum Gasteiger partial charge on any atom is -0.446 e. The summed E-state index contributed by atoms with van der Waals surface area (Å²) in [6, 6.07) is 3.99. The van der Waals surface area contributed by atoms with Gasteiger partial charge in [-0.05, 0) is 26.0 Å². The summed E-state index contributed by atoms with van der Waals surface area (Å²) >= 11 is 3.34. The van der Waals surface area contributed by atoms with Gasteiger partial charge in [0.05, 0.1) is 52.3 Å². The number of ether oxygens (including phenoxy) is 2. The Morgan fingerprint density at radius 1 is 1.12 bits per heavy atom. The number of amides is 2. The molecule has 3 aromatic rings. The van der Waals surface area contributed by atoms with Crippen LogP contribution in [0.2, 0.25) is 0 Å². The van der Waals surface area contributed by atoms with E-state index in [9.17, 15) is 19.7 Å². The topological polar surface area (TPSA) is 165 Å². The molecule has 2 aromatic heterocycles. The van der Waals surface area contributed by atoms with Gasteiger partial charge >= 0.3 is 0 Å². The van der Waals surface area contributed by atoms with Crippen molar-refractivity contribution in [2.24, 2.45) is 0 Å². The van der Waals surface area contributed by atoms with Crippen LogP contribution in [-0.2, 0) is 16.1 Å². The Bertz CT molecular complexity index is 1480. The molecule has 2 aliphatic rings. The zero-order valence-electron chi connectivity index (χ0n) is 23.9. The zero-order chi connectivity index (χ0) is 30.7. The number of likely N-dealkylation sites (tertiary alicyclic amines) is 1. The lowest BCUT2D eigenvalue weighted by molar-refractivity contribution is -0.384. The number of aromatic nitrogens is 2. The fourth-order valence-electron chi connectivity index (χ4n) is 5.38. The van der Waals surface area contributed by atoms with Crippen molar-refractivity contribution in [3.8, 4) is 0 Å². The maximum atomic E-state index is 13.9. The Hall–Kier alpha value is -4.08. The van der Waals surface area contributed by atoms with E-state index >= 15 is 0 Å². The Morgan fingerprint density at radius 2 is 1.86 bits per heavy atom. The molecule has 43 heavy (non-hydrogen) atoms. The number of carbonyl (C=O) groups excluding carboxylic acids is 2. The van der Waals surface area contributed by atoms with Gasteiger partial charge in [-0.1, -0.05) is 15.9 Å². The molecule has 0 saturated carbocycles. The molecule has 228 valence electrons. The number of anilines is 2. The van der Waals surface area contributed by atoms with Gasteiger partial charge in [-0.15, -0.1) is 0 Å². The molecule has 5 rings (SSSR count). The first-order valence-electron chi connectivity index (χ1n) is 13.7. The lowest BCUT2D eigenvalue weighted by Crippen LogP contribution is -2.48. The van der Waals surface area contributed by atoms with E-state index in [1.165, 1.54) is 24.7 Å². The van der Waals surface area contributed by atoms with Gasteiger partial charge in [0.15, 0.2) is 0 Å². The second-order valence-corrected chi connectivity index (χ2v) is 11.4. The second-order valence-electron chi connectivity index (χ2n) is 10.5. The monoisotopic (exact) mass is 657 g/mol. The van der Waals surface area contributed by atoms with Gasteiger partial charge in [-0.2, -0.15) is 0 Å². The largest absolute Gasteiger partial charge is 0.446 e. The molecule has 2 amide bonds. The summed E-state index contributed by atoms with van der Waals surface area (Å²) in [5.74, 6) is -0.306. The lowest BCUT2D eigenvalue weighted by atomic mass is 10.1. The van der Waals surface area contributed by atoms with E-state index < -0.39 is 17.1 Å². The SMILES string of the molecule is CNc1cncc(C(=O)N2C[C@H](Nc3c(C(=O)N4C[C@@H](C)O[C@@H](C)C4)cc(Br)cc3[N+](=O)[O-])[C@@H](OCc3ncco3)C2)c1. The zero-order valence-corrected chi connectivity index (χ0v) is 25.4. The normalized spacial score (nSPS) is 22.0. The number of morpholine rings is 1. The third-order valence-corrected chi connectivity index (χ3v) is 7.74. The van der Waals surface area contributed by atoms with Crippen LogP contribution in [-0.4, -0.2) is 94.1 Å². The van der Waals surface area contributed by atoms with Crippen LogP contribution in [0, 0.1) is 10.1 Å². The van der Waals surface area contributed by atoms with Crippen LogP contribution in [0.15, 0.2) is 51.9 Å². The van der Waals surface area contributed by atoms with Gasteiger partial charge in [0.2, 0.25) is 5.89 Å². The third-order valence-electron chi connectivity index (χ3n) is 7.28. The molecule has 2 saturated heterocycles. The van der Waals surface area contributed by atoms with E-state index in [-0.39, 0.29) is 60.7 Å². The van der Waals surface area contributed by atoms with E-state index in [1.807, 2.05) is 13.8 Å². The first-order chi connectivity index (χ1) is 20.6. The quantitative estimate of drug-likeness (QED) is 0.255. The minimum atomic E-state index is -0.620. The van der Waals surface area contributed by atoms with Crippen molar-refractivity contribution in [1.29, 1.82) is 0 Å². The predicted molar refractivity (Wildman–Crippen MR) is 159 cm³/mol. The summed E-state index contributed by atoms with van der Waals surface area (Å²) in [4.78, 5) is 50.5. The third kappa shape index (κ3) is 6.95. The number of benzene rings is 1. The molecular weight excluding hydrogens is 626 g/mol. The average Bonchev–Trinajstić information content (AvgIpc) is 3.65. The maximum absolute atomic E-state index is 13.9. The van der Waals surface area contributed by atoms with Crippen molar-refractivity contribution in [1.82, 2.24) is 19.8 Å². The van der Waals surface area contributed by atoms with Crippen LogP contribution in [0.25, 0.3) is 0 Å². The van der Waals surface area contributed by atoms with Crippen LogP contribution in [0.4, 0.5) is 17.1 Å². The van der Waals surface area contributed by atoms with Gasteiger partial charge in [0.1, 0.15) is 18.6 Å². The number of nitrogens with zero attached hydrogens (tertiary/aromatic N) is 5. The number of rotatable bonds is 9. The maximum Gasteiger partial charge on any atom is 0.294 e. The van der Waals surface area contributed by atoms with E-state index in [4.69, 9.17) is 13.9 Å². The summed E-state index contributed by atoms with van der Waals surface area (Å²) < 4.78 is 17.6. The predicted octanol–water partition coefficient (Wildman–Crippen LogP) is 3.55. The van der Waals surface area contributed by atoms with Crippen LogP contribution in [0.1, 0.15) is 40.5 Å². The standard InChI is InChI=1S/C28H32BrN7O7/c1-16-11-34(12-17(2)43-16)28(38)21-7-19(29)8-23(36(39)40)26(21)33-22-13-35(14-24(22)42-15-25-32-4-5-41-25)27(37)18-6-20(30-3)10-31-9-18/h4-10,16-17,22,24,30,33H,11-15H2,1-3H3/t16-,17+,22-,24-/m0/s1. The summed E-state index contributed by atoms with van der Waals surface area (Å²) in [5.41, 5.74) is 0.948. The van der Waals surface area contributed by atoms with Crippen molar-refractivity contribution in [3.05, 3.63) is 74.7 Å². The van der Waals surface area contributed by atoms with Crippen molar-refractivity contribution in [2.75, 3.05) is 43.9 Å². The summed E-state index contributed by atoms with van der Waals surface area (Å²) in [7, 11) is 1.73. The molecule has 4 atom stereocenters. The van der Waals surface area contributed by atoms with Crippen LogP contribution in [0.5, 0.6) is 0 Å². The first-order valence-corrected chi connectivity index (χ1v) is 14.5. The summed E-state index contributed by atoms with van der Waals surface area (Å²) in [6.07, 6.45) is 5.01. The first kappa shape index (κ1) is 30.4. The number of hydrogen-bond acceptors (Lipinski definition) is 11. The minimum absolute atomic E-state index is 0.0203. The Morgan fingerprint density at radius 3 is 2.53 bits per heavy atom. The number of nitro benzene ring substituents is 1. The number of halogens is 1. The number of nitrogens with one attached hydrogen (secondary N) is 2. The average molecular weight is 659 g/mol. The van der Waals surface area contributed by atoms with Gasteiger partial charge in [-0.3, -0.25) is 24.7 Å². The summed E-state index contributed by atoms with van der Waals surface area (Å²) in [6.45, 7) is 4.78. The summed E-state index contributed by atoms with van der Waals surface area (Å²) in [5, 5.41) is 18.5. The molecule has 0 spiro atoms. The fourth-order valence-corrected chi connectivity index (χ4v) is 5.83. The Kier molecular flexibility index (Phi) is 9.22. The van der Waals surface area contributed by atoms with E-state index in [0.717, 1.165) is 0 Å². The van der Waals surface area contributed by atoms with Gasteiger partial charge in [-0.25, -0.2) is 4.98 Å². The Balaban J connectivity index is 1.47. The van der Waals surface area contributed by atoms with Crippen molar-refractivity contribution in [2.45, 2.75) is 44.8 Å². The number of nitro groups is 1. The highest BCUT2D eigenvalue weighted by molar-refractivity contribution is 9.10. The van der Waals surface area contributed by atoms with E-state index in [2.05, 4.69) is 36.5 Å². The molecule has 0 unspecified atom stereocenters. The lowest BCUT2D eigenvalue weighted by Gasteiger charge is -2.35. The highest BCUT2D eigenvalue weighted by Crippen LogP contribution is 2.36. The van der Waals surface area contributed by atoms with Crippen molar-refractivity contribution in [3.63, 3.8) is 0 Å². The molecule has 0 radical (unpaired) electrons. The molecular formula is C28H32BrN7O7. The molecule has 1 aromatic carbocycles. The van der Waals surface area contributed by atoms with Gasteiger partial charge in [0.25, 0.3) is 17.5 Å². The van der Waals surface area contributed by atoms with Crippen molar-refractivity contribution < 1.29 is 28.4 Å². The second kappa shape index (κ2) is 13.1. The molecule has 0 aliphatic carbocycles. The molecule has 0 bridgehead atoms. The molecule has 2 N–H and O–H groups in total. The highest BCUT2D eigenvalue weighted by atomic mass is 79.9. The number of oxazole rings is 1. The van der Waals surface area contributed by atoms with E-state index in [1.54, 1.807) is 35.2 Å². The van der Waals surface area contributed by atoms with Crippen LogP contribution in [0.3, 0.4) is 0 Å². The number of carbonyl (C=O) groups is 2. The van der Waals surface area contributed by atoms with Gasteiger partial charge in [0, 0.05) is 56.2 Å². The molecule has 2 aliphatic heterocycles. The molecule has 14 nitrogen and oxygen atoms in total. The smallest absolute Gasteiger partial charge is 0.294 e. The van der Waals surface area contributed by atoms with E-state index in [0.29, 0.717) is 34.7 Å². The molecule has 4 heterocycles. The number of hydrogen-bond donors (Lipinski definition) is 2. The van der Waals surface area contributed by atoms with Crippen LogP contribution >= 0.6 is 15.9 Å². The van der Waals surface area contributed by atoms with Gasteiger partial charge < -0.3 is 34.3 Å². The Labute approximate surface area is 256 Å². The number of pyridine rings is 1. The van der Waals surface area contributed by atoms with Crippen LogP contribution < -0.4 is 10.6 Å². The highest BCUT2D eigenvalue weighted by Gasteiger charge is 2.39. The molecule has 15 heteroatoms.